The number of carbonyl (C=O) groups is 6. The number of nitrogens with two attached hydrogens (primary N) is 2. The quantitative estimate of drug-likeness (QED) is 0.0958. The molecule has 0 aromatic carbocycles. The number of hydrogen-bond donors (Lipinski definition) is 7. The zero-order chi connectivity index (χ0) is 31.7. The van der Waals surface area contributed by atoms with Crippen molar-refractivity contribution in [1.29, 1.82) is 0 Å². The van der Waals surface area contributed by atoms with E-state index in [-0.39, 0.29) is 36.5 Å². The van der Waals surface area contributed by atoms with Crippen LogP contribution >= 0.6 is 0 Å². The van der Waals surface area contributed by atoms with E-state index < -0.39 is 60.2 Å². The molecule has 0 heterocycles. The van der Waals surface area contributed by atoms with E-state index in [0.29, 0.717) is 32.2 Å². The van der Waals surface area contributed by atoms with Gasteiger partial charge in [-0.1, -0.05) is 41.5 Å². The molecule has 0 aliphatic heterocycles. The number of carbonyl (C=O) groups excluding carboxylic acids is 6. The van der Waals surface area contributed by atoms with Crippen LogP contribution in [0.15, 0.2) is 0 Å². The molecule has 0 aromatic heterocycles. The van der Waals surface area contributed by atoms with Crippen LogP contribution in [0.5, 0.6) is 0 Å². The van der Waals surface area contributed by atoms with E-state index in [0.717, 1.165) is 0 Å². The van der Waals surface area contributed by atoms with Gasteiger partial charge in [-0.05, 0) is 62.8 Å². The number of primary amides is 1. The maximum atomic E-state index is 13.3. The second kappa shape index (κ2) is 19.8. The van der Waals surface area contributed by atoms with Crippen molar-refractivity contribution in [3.05, 3.63) is 0 Å². The van der Waals surface area contributed by atoms with Gasteiger partial charge in [0.05, 0.1) is 6.54 Å². The first-order valence-corrected chi connectivity index (χ1v) is 14.5. The Balaban J connectivity index is 5.52. The third-order valence-corrected chi connectivity index (χ3v) is 6.13. The van der Waals surface area contributed by atoms with Crippen LogP contribution in [-0.4, -0.2) is 72.7 Å². The van der Waals surface area contributed by atoms with Crippen molar-refractivity contribution in [3.8, 4) is 0 Å². The van der Waals surface area contributed by atoms with Crippen molar-refractivity contribution in [2.24, 2.45) is 29.2 Å². The third kappa shape index (κ3) is 17.3. The molecule has 13 nitrogen and oxygen atoms in total. The molecule has 0 saturated heterocycles. The third-order valence-electron chi connectivity index (χ3n) is 6.13. The minimum atomic E-state index is -0.978. The minimum absolute atomic E-state index is 0.0191. The second-order valence-corrected chi connectivity index (χ2v) is 11.8. The van der Waals surface area contributed by atoms with Crippen molar-refractivity contribution >= 4 is 35.4 Å². The highest BCUT2D eigenvalue weighted by Crippen LogP contribution is 2.10. The van der Waals surface area contributed by atoms with Crippen molar-refractivity contribution in [2.45, 2.75) is 111 Å². The number of amides is 6. The summed E-state index contributed by atoms with van der Waals surface area (Å²) >= 11 is 0. The van der Waals surface area contributed by atoms with Gasteiger partial charge in [0, 0.05) is 6.92 Å². The lowest BCUT2D eigenvalue weighted by Gasteiger charge is -2.26. The van der Waals surface area contributed by atoms with E-state index in [1.165, 1.54) is 6.92 Å². The Kier molecular flexibility index (Phi) is 18.2. The molecule has 0 bridgehead atoms. The molecule has 4 atom stereocenters. The Hall–Kier alpha value is -3.22. The van der Waals surface area contributed by atoms with Crippen LogP contribution in [-0.2, 0) is 28.8 Å². The summed E-state index contributed by atoms with van der Waals surface area (Å²) in [6.45, 7) is 12.7. The highest BCUT2D eigenvalue weighted by Gasteiger charge is 2.30. The summed E-state index contributed by atoms with van der Waals surface area (Å²) in [7, 11) is 0. The van der Waals surface area contributed by atoms with Gasteiger partial charge in [-0.2, -0.15) is 0 Å². The van der Waals surface area contributed by atoms with Gasteiger partial charge in [-0.25, -0.2) is 0 Å². The van der Waals surface area contributed by atoms with E-state index in [4.69, 9.17) is 11.5 Å². The predicted octanol–water partition coefficient (Wildman–Crippen LogP) is -0.186. The number of rotatable bonds is 20. The highest BCUT2D eigenvalue weighted by molar-refractivity contribution is 5.95. The van der Waals surface area contributed by atoms with E-state index in [9.17, 15) is 28.8 Å². The Morgan fingerprint density at radius 2 is 1.07 bits per heavy atom. The van der Waals surface area contributed by atoms with E-state index in [2.05, 4.69) is 26.6 Å². The summed E-state index contributed by atoms with van der Waals surface area (Å²) in [5, 5.41) is 13.1. The molecule has 236 valence electrons. The molecule has 13 heteroatoms. The Morgan fingerprint density at radius 3 is 1.54 bits per heavy atom. The van der Waals surface area contributed by atoms with Gasteiger partial charge in [-0.3, -0.25) is 28.8 Å². The summed E-state index contributed by atoms with van der Waals surface area (Å²) in [5.41, 5.74) is 11.1. The lowest BCUT2D eigenvalue weighted by Crippen LogP contribution is -2.57. The van der Waals surface area contributed by atoms with E-state index >= 15 is 0 Å². The summed E-state index contributed by atoms with van der Waals surface area (Å²) < 4.78 is 0. The molecule has 0 radical (unpaired) electrons. The zero-order valence-corrected chi connectivity index (χ0v) is 25.8. The molecule has 41 heavy (non-hydrogen) atoms. The molecular weight excluding hydrogens is 530 g/mol. The van der Waals surface area contributed by atoms with Crippen molar-refractivity contribution < 1.29 is 28.8 Å². The Labute approximate surface area is 244 Å². The van der Waals surface area contributed by atoms with E-state index in [1.807, 2.05) is 41.5 Å². The van der Waals surface area contributed by atoms with Gasteiger partial charge < -0.3 is 38.1 Å². The van der Waals surface area contributed by atoms with Crippen molar-refractivity contribution in [2.75, 3.05) is 13.1 Å². The van der Waals surface area contributed by atoms with Crippen molar-refractivity contribution in [1.82, 2.24) is 26.6 Å². The fraction of sp³-hybridized carbons (Fsp3) is 0.786. The molecule has 0 fully saturated rings. The standard InChI is InChI=1S/C28H53N7O6/c1-16(2)12-21(25(30)38)35-27(40)20(10-8-9-11-29)34-28(41)23(14-18(5)6)33-24(37)15-31-26(39)22(13-17(3)4)32-19(7)36/h16-18,20-23H,8-15,29H2,1-7H3,(H2,30,38)(H,31,39)(H,32,36)(H,33,37)(H,34,41)(H,35,40)/t20-,21-,22-,23-/m0/s1. The topological polar surface area (TPSA) is 215 Å². The van der Waals surface area contributed by atoms with Gasteiger partial charge in [-0.15, -0.1) is 0 Å². The van der Waals surface area contributed by atoms with Gasteiger partial charge in [0.2, 0.25) is 35.4 Å². The maximum absolute atomic E-state index is 13.3. The molecule has 0 unspecified atom stereocenters. The lowest BCUT2D eigenvalue weighted by atomic mass is 10.0. The van der Waals surface area contributed by atoms with Crippen LogP contribution in [0.2, 0.25) is 0 Å². The van der Waals surface area contributed by atoms with Crippen LogP contribution < -0.4 is 38.1 Å². The molecule has 0 aromatic rings. The lowest BCUT2D eigenvalue weighted by molar-refractivity contribution is -0.134. The van der Waals surface area contributed by atoms with Crippen LogP contribution in [0.25, 0.3) is 0 Å². The molecule has 0 saturated carbocycles. The SMILES string of the molecule is CC(=O)N[C@@H](CC(C)C)C(=O)NCC(=O)N[C@@H](CC(C)C)C(=O)N[C@@H](CCCCN)C(=O)N[C@@H](CC(C)C)C(N)=O. The summed E-state index contributed by atoms with van der Waals surface area (Å²) in [5.74, 6) is -2.99. The van der Waals surface area contributed by atoms with E-state index in [1.54, 1.807) is 0 Å². The van der Waals surface area contributed by atoms with Crippen LogP contribution in [0.4, 0.5) is 0 Å². The fourth-order valence-electron chi connectivity index (χ4n) is 4.21. The fourth-order valence-corrected chi connectivity index (χ4v) is 4.21. The maximum Gasteiger partial charge on any atom is 0.243 e. The first-order chi connectivity index (χ1) is 19.1. The molecule has 9 N–H and O–H groups in total. The Bertz CT molecular complexity index is 878. The first kappa shape index (κ1) is 37.8. The highest BCUT2D eigenvalue weighted by atomic mass is 16.2. The molecule has 0 rings (SSSR count). The number of nitrogens with one attached hydrogen (secondary N) is 5. The summed E-state index contributed by atoms with van der Waals surface area (Å²) in [4.78, 5) is 75.1. The second-order valence-electron chi connectivity index (χ2n) is 11.8. The average Bonchev–Trinajstić information content (AvgIpc) is 2.84. The summed E-state index contributed by atoms with van der Waals surface area (Å²) in [6.07, 6.45) is 2.49. The smallest absolute Gasteiger partial charge is 0.243 e. The normalized spacial score (nSPS) is 14.1. The monoisotopic (exact) mass is 583 g/mol. The minimum Gasteiger partial charge on any atom is -0.368 e. The molecule has 0 spiro atoms. The molecular formula is C28H53N7O6. The van der Waals surface area contributed by atoms with Crippen LogP contribution in [0.1, 0.15) is 87.0 Å². The number of unbranched alkanes of at least 4 members (excludes halogenated alkanes) is 1. The summed E-state index contributed by atoms with van der Waals surface area (Å²) in [6, 6.07) is -3.62. The average molecular weight is 584 g/mol. The van der Waals surface area contributed by atoms with Crippen molar-refractivity contribution in [3.63, 3.8) is 0 Å². The molecule has 0 aliphatic rings. The van der Waals surface area contributed by atoms with Crippen LogP contribution in [0.3, 0.4) is 0 Å². The predicted molar refractivity (Wildman–Crippen MR) is 157 cm³/mol. The first-order valence-electron chi connectivity index (χ1n) is 14.5. The van der Waals surface area contributed by atoms with Gasteiger partial charge in [0.1, 0.15) is 24.2 Å². The zero-order valence-electron chi connectivity index (χ0n) is 25.8. The van der Waals surface area contributed by atoms with Gasteiger partial charge in [0.25, 0.3) is 0 Å². The molecule has 6 amide bonds. The van der Waals surface area contributed by atoms with Crippen LogP contribution in [0, 0.1) is 17.8 Å². The van der Waals surface area contributed by atoms with Gasteiger partial charge in [0.15, 0.2) is 0 Å². The molecule has 0 aliphatic carbocycles. The van der Waals surface area contributed by atoms with Gasteiger partial charge >= 0.3 is 0 Å². The number of hydrogen-bond acceptors (Lipinski definition) is 7. The Morgan fingerprint density at radius 1 is 0.610 bits per heavy atom. The largest absolute Gasteiger partial charge is 0.368 e.